The molecule has 0 aliphatic heterocycles. The number of rotatable bonds is 8. The van der Waals surface area contributed by atoms with Gasteiger partial charge in [-0.1, -0.05) is 19.9 Å². The summed E-state index contributed by atoms with van der Waals surface area (Å²) >= 11 is 0. The zero-order chi connectivity index (χ0) is 15.2. The van der Waals surface area contributed by atoms with E-state index < -0.39 is 0 Å². The summed E-state index contributed by atoms with van der Waals surface area (Å²) in [5.41, 5.74) is 0.998. The number of methoxy groups -OCH3 is 2. The Morgan fingerprint density at radius 1 is 1.30 bits per heavy atom. The molecule has 0 amide bonds. The minimum atomic E-state index is -0.0893. The molecule has 0 spiro atoms. The van der Waals surface area contributed by atoms with Crippen molar-refractivity contribution in [1.82, 2.24) is 5.32 Å². The molecule has 0 saturated carbocycles. The average Bonchev–Trinajstić information content (AvgIpc) is 2.51. The molecule has 1 aromatic rings. The van der Waals surface area contributed by atoms with Gasteiger partial charge < -0.3 is 19.9 Å². The number of hydrogen-bond acceptors (Lipinski definition) is 4. The first-order valence-electron chi connectivity index (χ1n) is 7.06. The van der Waals surface area contributed by atoms with Crippen molar-refractivity contribution in [1.29, 1.82) is 0 Å². The van der Waals surface area contributed by atoms with Crippen molar-refractivity contribution in [3.8, 4) is 11.5 Å². The van der Waals surface area contributed by atoms with Gasteiger partial charge in [0.2, 0.25) is 0 Å². The molecule has 4 heteroatoms. The number of aliphatic hydroxyl groups excluding tert-OH is 1. The Labute approximate surface area is 122 Å². The van der Waals surface area contributed by atoms with Crippen LogP contribution >= 0.6 is 0 Å². The second-order valence-electron chi connectivity index (χ2n) is 5.53. The van der Waals surface area contributed by atoms with Crippen LogP contribution in [-0.2, 0) is 0 Å². The normalized spacial score (nSPS) is 15.5. The van der Waals surface area contributed by atoms with Gasteiger partial charge in [-0.25, -0.2) is 0 Å². The van der Waals surface area contributed by atoms with Gasteiger partial charge in [0.05, 0.1) is 14.2 Å². The van der Waals surface area contributed by atoms with Crippen molar-refractivity contribution in [3.05, 3.63) is 23.8 Å². The van der Waals surface area contributed by atoms with E-state index in [0.29, 0.717) is 0 Å². The molecule has 0 bridgehead atoms. The molecule has 1 aromatic carbocycles. The first-order chi connectivity index (χ1) is 9.49. The van der Waals surface area contributed by atoms with Crippen LogP contribution in [0.5, 0.6) is 11.5 Å². The number of hydrogen-bond donors (Lipinski definition) is 2. The monoisotopic (exact) mass is 281 g/mol. The van der Waals surface area contributed by atoms with Crippen LogP contribution in [0.4, 0.5) is 0 Å². The predicted molar refractivity (Wildman–Crippen MR) is 81.4 cm³/mol. The van der Waals surface area contributed by atoms with Gasteiger partial charge in [0.15, 0.2) is 0 Å². The fourth-order valence-electron chi connectivity index (χ4n) is 1.98. The summed E-state index contributed by atoms with van der Waals surface area (Å²) in [5, 5.41) is 12.9. The Morgan fingerprint density at radius 3 is 2.50 bits per heavy atom. The molecule has 0 aliphatic rings. The van der Waals surface area contributed by atoms with Gasteiger partial charge in [-0.2, -0.15) is 0 Å². The van der Waals surface area contributed by atoms with E-state index >= 15 is 0 Å². The lowest BCUT2D eigenvalue weighted by Gasteiger charge is -2.28. The van der Waals surface area contributed by atoms with Gasteiger partial charge in [0.1, 0.15) is 11.5 Å². The van der Waals surface area contributed by atoms with Gasteiger partial charge in [-0.05, 0) is 19.4 Å². The SMILES string of the molecule is CCC(C)(CO)CNC(C)c1ccc(OC)cc1OC. The molecular weight excluding hydrogens is 254 g/mol. The van der Waals surface area contributed by atoms with Crippen molar-refractivity contribution < 1.29 is 14.6 Å². The van der Waals surface area contributed by atoms with Crippen LogP contribution in [-0.4, -0.2) is 32.5 Å². The van der Waals surface area contributed by atoms with Crippen LogP contribution in [0.3, 0.4) is 0 Å². The van der Waals surface area contributed by atoms with Crippen LogP contribution in [0.25, 0.3) is 0 Å². The zero-order valence-corrected chi connectivity index (χ0v) is 13.2. The van der Waals surface area contributed by atoms with Gasteiger partial charge in [0.25, 0.3) is 0 Å². The van der Waals surface area contributed by atoms with E-state index in [2.05, 4.69) is 26.1 Å². The molecule has 2 unspecified atom stereocenters. The van der Waals surface area contributed by atoms with Crippen LogP contribution < -0.4 is 14.8 Å². The molecule has 1 rings (SSSR count). The lowest BCUT2D eigenvalue weighted by Crippen LogP contribution is -2.35. The maximum absolute atomic E-state index is 9.46. The fourth-order valence-corrected chi connectivity index (χ4v) is 1.98. The lowest BCUT2D eigenvalue weighted by molar-refractivity contribution is 0.132. The summed E-state index contributed by atoms with van der Waals surface area (Å²) < 4.78 is 10.6. The van der Waals surface area contributed by atoms with Crippen LogP contribution in [0.15, 0.2) is 18.2 Å². The molecule has 2 N–H and O–H groups in total. The lowest BCUT2D eigenvalue weighted by atomic mass is 9.88. The summed E-state index contributed by atoms with van der Waals surface area (Å²) in [4.78, 5) is 0. The van der Waals surface area contributed by atoms with Crippen molar-refractivity contribution in [2.75, 3.05) is 27.4 Å². The topological polar surface area (TPSA) is 50.7 Å². The van der Waals surface area contributed by atoms with E-state index in [-0.39, 0.29) is 18.1 Å². The molecule has 0 aromatic heterocycles. The molecule has 0 fully saturated rings. The highest BCUT2D eigenvalue weighted by Crippen LogP contribution is 2.30. The molecule has 0 heterocycles. The highest BCUT2D eigenvalue weighted by molar-refractivity contribution is 5.42. The summed E-state index contributed by atoms with van der Waals surface area (Å²) in [5.74, 6) is 1.60. The number of benzene rings is 1. The van der Waals surface area contributed by atoms with E-state index in [0.717, 1.165) is 30.0 Å². The third-order valence-corrected chi connectivity index (χ3v) is 3.98. The predicted octanol–water partition coefficient (Wildman–Crippen LogP) is 2.76. The van der Waals surface area contributed by atoms with Crippen molar-refractivity contribution in [2.45, 2.75) is 33.2 Å². The third-order valence-electron chi connectivity index (χ3n) is 3.98. The summed E-state index contributed by atoms with van der Waals surface area (Å²) in [6.45, 7) is 7.21. The number of ether oxygens (including phenoxy) is 2. The highest BCUT2D eigenvalue weighted by atomic mass is 16.5. The maximum atomic E-state index is 9.46. The first-order valence-corrected chi connectivity index (χ1v) is 7.06. The molecule has 0 saturated heterocycles. The van der Waals surface area contributed by atoms with Crippen molar-refractivity contribution >= 4 is 0 Å². The summed E-state index contributed by atoms with van der Waals surface area (Å²) in [7, 11) is 3.30. The van der Waals surface area contributed by atoms with E-state index in [4.69, 9.17) is 9.47 Å². The number of nitrogens with one attached hydrogen (secondary N) is 1. The second kappa shape index (κ2) is 7.50. The molecule has 20 heavy (non-hydrogen) atoms. The van der Waals surface area contributed by atoms with Crippen molar-refractivity contribution in [3.63, 3.8) is 0 Å². The van der Waals surface area contributed by atoms with Gasteiger partial charge in [-0.3, -0.25) is 0 Å². The Kier molecular flexibility index (Phi) is 6.30. The third kappa shape index (κ3) is 4.12. The van der Waals surface area contributed by atoms with Crippen molar-refractivity contribution in [2.24, 2.45) is 5.41 Å². The average molecular weight is 281 g/mol. The molecule has 114 valence electrons. The maximum Gasteiger partial charge on any atom is 0.127 e. The Morgan fingerprint density at radius 2 is 2.00 bits per heavy atom. The summed E-state index contributed by atoms with van der Waals surface area (Å²) in [6, 6.07) is 5.98. The largest absolute Gasteiger partial charge is 0.497 e. The zero-order valence-electron chi connectivity index (χ0n) is 13.2. The molecule has 0 aliphatic carbocycles. The van der Waals surface area contributed by atoms with E-state index in [9.17, 15) is 5.11 Å². The smallest absolute Gasteiger partial charge is 0.127 e. The highest BCUT2D eigenvalue weighted by Gasteiger charge is 2.22. The standard InChI is InChI=1S/C16H27NO3/c1-6-16(3,11-18)10-17-12(2)14-8-7-13(19-4)9-15(14)20-5/h7-9,12,17-18H,6,10-11H2,1-5H3. The molecule has 2 atom stereocenters. The second-order valence-corrected chi connectivity index (χ2v) is 5.53. The Balaban J connectivity index is 2.79. The number of aliphatic hydroxyl groups is 1. The molecule has 0 radical (unpaired) electrons. The minimum Gasteiger partial charge on any atom is -0.497 e. The quantitative estimate of drug-likeness (QED) is 0.769. The molecular formula is C16H27NO3. The van der Waals surface area contributed by atoms with Gasteiger partial charge in [-0.15, -0.1) is 0 Å². The van der Waals surface area contributed by atoms with E-state index in [1.54, 1.807) is 14.2 Å². The van der Waals surface area contributed by atoms with E-state index in [1.807, 2.05) is 18.2 Å². The van der Waals surface area contributed by atoms with Crippen LogP contribution in [0.1, 0.15) is 38.8 Å². The van der Waals surface area contributed by atoms with Gasteiger partial charge >= 0.3 is 0 Å². The van der Waals surface area contributed by atoms with E-state index in [1.165, 1.54) is 0 Å². The minimum absolute atomic E-state index is 0.0893. The Bertz CT molecular complexity index is 416. The van der Waals surface area contributed by atoms with Gasteiger partial charge in [0, 0.05) is 36.2 Å². The summed E-state index contributed by atoms with van der Waals surface area (Å²) in [6.07, 6.45) is 0.933. The van der Waals surface area contributed by atoms with Crippen LogP contribution in [0, 0.1) is 5.41 Å². The first kappa shape index (κ1) is 16.8. The van der Waals surface area contributed by atoms with Crippen LogP contribution in [0.2, 0.25) is 0 Å². The fraction of sp³-hybridized carbons (Fsp3) is 0.625. The molecule has 4 nitrogen and oxygen atoms in total. The Hall–Kier alpha value is -1.26.